The summed E-state index contributed by atoms with van der Waals surface area (Å²) < 4.78 is 5.95. The fourth-order valence-corrected chi connectivity index (χ4v) is 2.25. The van der Waals surface area contributed by atoms with E-state index in [4.69, 9.17) is 10.5 Å². The van der Waals surface area contributed by atoms with Crippen molar-refractivity contribution in [2.24, 2.45) is 0 Å². The third-order valence-electron chi connectivity index (χ3n) is 2.84. The first kappa shape index (κ1) is 14.4. The van der Waals surface area contributed by atoms with Gasteiger partial charge in [0, 0.05) is 10.2 Å². The van der Waals surface area contributed by atoms with Gasteiger partial charge in [-0.1, -0.05) is 11.6 Å². The van der Waals surface area contributed by atoms with E-state index in [-0.39, 0.29) is 5.91 Å². The second-order valence-electron chi connectivity index (χ2n) is 4.40. The number of hydrogen-bond acceptors (Lipinski definition) is 3. The number of rotatable bonds is 3. The summed E-state index contributed by atoms with van der Waals surface area (Å²) in [5.74, 6) is 0.348. The molecule has 0 aromatic heterocycles. The summed E-state index contributed by atoms with van der Waals surface area (Å²) in [6.07, 6.45) is 0. The molecule has 0 atom stereocenters. The van der Waals surface area contributed by atoms with Crippen molar-refractivity contribution in [3.8, 4) is 5.75 Å². The van der Waals surface area contributed by atoms with Gasteiger partial charge in [-0.05, 0) is 53.2 Å². The van der Waals surface area contributed by atoms with E-state index in [1.54, 1.807) is 25.3 Å². The van der Waals surface area contributed by atoms with Crippen LogP contribution in [0.5, 0.6) is 5.75 Å². The van der Waals surface area contributed by atoms with Gasteiger partial charge in [-0.25, -0.2) is 0 Å². The van der Waals surface area contributed by atoms with Crippen molar-refractivity contribution in [3.63, 3.8) is 0 Å². The first-order chi connectivity index (χ1) is 9.51. The largest absolute Gasteiger partial charge is 0.495 e. The number of carbonyl (C=O) groups is 1. The van der Waals surface area contributed by atoms with E-state index in [0.29, 0.717) is 22.7 Å². The Bertz CT molecular complexity index is 656. The quantitative estimate of drug-likeness (QED) is 0.843. The molecule has 4 nitrogen and oxygen atoms in total. The summed E-state index contributed by atoms with van der Waals surface area (Å²) in [7, 11) is 1.55. The van der Waals surface area contributed by atoms with Gasteiger partial charge in [0.1, 0.15) is 5.75 Å². The summed E-state index contributed by atoms with van der Waals surface area (Å²) in [6, 6.07) is 10.7. The van der Waals surface area contributed by atoms with Crippen molar-refractivity contribution in [2.75, 3.05) is 18.2 Å². The lowest BCUT2D eigenvalue weighted by atomic mass is 10.1. The molecule has 0 saturated carbocycles. The van der Waals surface area contributed by atoms with Crippen LogP contribution in [0, 0.1) is 6.92 Å². The number of nitrogens with one attached hydrogen (secondary N) is 1. The number of nitrogens with two attached hydrogens (primary N) is 1. The molecule has 2 rings (SSSR count). The number of nitrogen functional groups attached to an aromatic ring is 1. The highest BCUT2D eigenvalue weighted by Gasteiger charge is 2.13. The molecule has 1 amide bonds. The van der Waals surface area contributed by atoms with Crippen molar-refractivity contribution in [2.45, 2.75) is 6.92 Å². The second kappa shape index (κ2) is 5.96. The molecule has 5 heteroatoms. The second-order valence-corrected chi connectivity index (χ2v) is 5.25. The van der Waals surface area contributed by atoms with Gasteiger partial charge in [0.05, 0.1) is 18.4 Å². The molecule has 0 saturated heterocycles. The highest BCUT2D eigenvalue weighted by Crippen LogP contribution is 2.28. The number of anilines is 2. The molecule has 0 heterocycles. The zero-order valence-corrected chi connectivity index (χ0v) is 12.8. The number of carbonyl (C=O) groups excluding carboxylic acids is 1. The standard InChI is InChI=1S/C15H15BrN2O2/c1-9-3-5-12(16)11(7-9)15(19)18-13-8-10(17)4-6-14(13)20-2/h3-8H,17H2,1-2H3,(H,18,19). The van der Waals surface area contributed by atoms with E-state index in [9.17, 15) is 4.79 Å². The maximum atomic E-state index is 12.3. The number of aryl methyl sites for hydroxylation is 1. The molecule has 104 valence electrons. The van der Waals surface area contributed by atoms with E-state index in [2.05, 4.69) is 21.2 Å². The van der Waals surface area contributed by atoms with Gasteiger partial charge in [0.25, 0.3) is 5.91 Å². The van der Waals surface area contributed by atoms with E-state index in [1.165, 1.54) is 0 Å². The van der Waals surface area contributed by atoms with Crippen LogP contribution in [-0.2, 0) is 0 Å². The Labute approximate surface area is 126 Å². The number of benzene rings is 2. The highest BCUT2D eigenvalue weighted by molar-refractivity contribution is 9.10. The molecule has 0 unspecified atom stereocenters. The smallest absolute Gasteiger partial charge is 0.256 e. The maximum absolute atomic E-state index is 12.3. The Morgan fingerprint density at radius 2 is 2.00 bits per heavy atom. The SMILES string of the molecule is COc1ccc(N)cc1NC(=O)c1cc(C)ccc1Br. The number of amides is 1. The number of hydrogen-bond donors (Lipinski definition) is 2. The fraction of sp³-hybridized carbons (Fsp3) is 0.133. The lowest BCUT2D eigenvalue weighted by Gasteiger charge is -2.12. The van der Waals surface area contributed by atoms with Crippen LogP contribution in [0.4, 0.5) is 11.4 Å². The monoisotopic (exact) mass is 334 g/mol. The molecule has 2 aromatic rings. The zero-order chi connectivity index (χ0) is 14.7. The fourth-order valence-electron chi connectivity index (χ4n) is 1.83. The van der Waals surface area contributed by atoms with E-state index >= 15 is 0 Å². The minimum Gasteiger partial charge on any atom is -0.495 e. The van der Waals surface area contributed by atoms with Crippen LogP contribution in [0.2, 0.25) is 0 Å². The van der Waals surface area contributed by atoms with E-state index < -0.39 is 0 Å². The molecule has 0 aliphatic rings. The third-order valence-corrected chi connectivity index (χ3v) is 3.53. The lowest BCUT2D eigenvalue weighted by Crippen LogP contribution is -2.13. The van der Waals surface area contributed by atoms with Crippen LogP contribution in [0.3, 0.4) is 0 Å². The van der Waals surface area contributed by atoms with Gasteiger partial charge in [0.2, 0.25) is 0 Å². The molecular formula is C15H15BrN2O2. The predicted molar refractivity (Wildman–Crippen MR) is 84.2 cm³/mol. The molecular weight excluding hydrogens is 320 g/mol. The third kappa shape index (κ3) is 3.11. The summed E-state index contributed by atoms with van der Waals surface area (Å²) in [6.45, 7) is 1.93. The highest BCUT2D eigenvalue weighted by atomic mass is 79.9. The Hall–Kier alpha value is -2.01. The van der Waals surface area contributed by atoms with Crippen molar-refractivity contribution < 1.29 is 9.53 Å². The summed E-state index contributed by atoms with van der Waals surface area (Å²) in [4.78, 5) is 12.3. The van der Waals surface area contributed by atoms with Gasteiger partial charge < -0.3 is 15.8 Å². The minimum atomic E-state index is -0.218. The van der Waals surface area contributed by atoms with Gasteiger partial charge in [0.15, 0.2) is 0 Å². The van der Waals surface area contributed by atoms with Gasteiger partial charge in [-0.2, -0.15) is 0 Å². The van der Waals surface area contributed by atoms with Crippen LogP contribution in [0.1, 0.15) is 15.9 Å². The molecule has 0 aliphatic carbocycles. The van der Waals surface area contributed by atoms with Crippen LogP contribution in [0.25, 0.3) is 0 Å². The predicted octanol–water partition coefficient (Wildman–Crippen LogP) is 3.60. The molecule has 20 heavy (non-hydrogen) atoms. The molecule has 0 radical (unpaired) electrons. The van der Waals surface area contributed by atoms with Crippen LogP contribution < -0.4 is 15.8 Å². The molecule has 2 aromatic carbocycles. The zero-order valence-electron chi connectivity index (χ0n) is 11.2. The van der Waals surface area contributed by atoms with Crippen molar-refractivity contribution in [1.82, 2.24) is 0 Å². The van der Waals surface area contributed by atoms with Gasteiger partial charge in [-0.15, -0.1) is 0 Å². The van der Waals surface area contributed by atoms with Crippen LogP contribution in [-0.4, -0.2) is 13.0 Å². The molecule has 3 N–H and O–H groups in total. The summed E-state index contributed by atoms with van der Waals surface area (Å²) >= 11 is 3.38. The Balaban J connectivity index is 2.32. The Kier molecular flexibility index (Phi) is 4.29. The summed E-state index contributed by atoms with van der Waals surface area (Å²) in [5.41, 5.74) is 8.42. The van der Waals surface area contributed by atoms with E-state index in [0.717, 1.165) is 10.0 Å². The normalized spacial score (nSPS) is 10.2. The summed E-state index contributed by atoms with van der Waals surface area (Å²) in [5, 5.41) is 2.81. The van der Waals surface area contributed by atoms with Crippen LogP contribution in [0.15, 0.2) is 40.9 Å². The van der Waals surface area contributed by atoms with Gasteiger partial charge >= 0.3 is 0 Å². The van der Waals surface area contributed by atoms with Gasteiger partial charge in [-0.3, -0.25) is 4.79 Å². The average molecular weight is 335 g/mol. The topological polar surface area (TPSA) is 64.3 Å². The maximum Gasteiger partial charge on any atom is 0.256 e. The number of ether oxygens (including phenoxy) is 1. The lowest BCUT2D eigenvalue weighted by molar-refractivity contribution is 0.102. The van der Waals surface area contributed by atoms with Crippen molar-refractivity contribution >= 4 is 33.2 Å². The van der Waals surface area contributed by atoms with Crippen LogP contribution >= 0.6 is 15.9 Å². The van der Waals surface area contributed by atoms with Crippen molar-refractivity contribution in [1.29, 1.82) is 0 Å². The Morgan fingerprint density at radius 1 is 1.25 bits per heavy atom. The first-order valence-electron chi connectivity index (χ1n) is 6.02. The first-order valence-corrected chi connectivity index (χ1v) is 6.81. The van der Waals surface area contributed by atoms with E-state index in [1.807, 2.05) is 25.1 Å². The molecule has 0 aliphatic heterocycles. The molecule has 0 spiro atoms. The number of halogens is 1. The number of methoxy groups -OCH3 is 1. The average Bonchev–Trinajstić information content (AvgIpc) is 2.41. The Morgan fingerprint density at radius 3 is 2.70 bits per heavy atom. The minimum absolute atomic E-state index is 0.218. The molecule has 0 bridgehead atoms. The van der Waals surface area contributed by atoms with Crippen molar-refractivity contribution in [3.05, 3.63) is 52.0 Å². The molecule has 0 fully saturated rings.